The highest BCUT2D eigenvalue weighted by Gasteiger charge is 2.24. The molecule has 0 aliphatic heterocycles. The number of imidazole rings is 1. The van der Waals surface area contributed by atoms with Crippen molar-refractivity contribution < 1.29 is 0 Å². The van der Waals surface area contributed by atoms with Crippen LogP contribution in [0, 0.1) is 0 Å². The Balaban J connectivity index is 2.35. The quantitative estimate of drug-likeness (QED) is 0.884. The minimum absolute atomic E-state index is 0.516. The van der Waals surface area contributed by atoms with Crippen LogP contribution in [-0.2, 0) is 13.6 Å². The van der Waals surface area contributed by atoms with Gasteiger partial charge in [-0.1, -0.05) is 12.8 Å². The van der Waals surface area contributed by atoms with E-state index in [1.807, 2.05) is 0 Å². The van der Waals surface area contributed by atoms with Crippen LogP contribution in [0.15, 0.2) is 4.60 Å². The highest BCUT2D eigenvalue weighted by atomic mass is 79.9. The third kappa shape index (κ3) is 1.61. The predicted octanol–water partition coefficient (Wildman–Crippen LogP) is 2.30. The van der Waals surface area contributed by atoms with Crippen LogP contribution in [0.4, 0.5) is 0 Å². The number of halogens is 1. The number of nitrogens with zero attached hydrogens (tertiary/aromatic N) is 2. The Morgan fingerprint density at radius 3 is 2.64 bits per heavy atom. The molecule has 0 spiro atoms. The van der Waals surface area contributed by atoms with Gasteiger partial charge in [0, 0.05) is 13.0 Å². The summed E-state index contributed by atoms with van der Waals surface area (Å²) in [5, 5.41) is 0. The average molecular weight is 258 g/mol. The molecule has 2 rings (SSSR count). The molecule has 1 aromatic rings. The molecule has 1 heterocycles. The molecule has 1 aliphatic rings. The van der Waals surface area contributed by atoms with Gasteiger partial charge in [-0.3, -0.25) is 0 Å². The summed E-state index contributed by atoms with van der Waals surface area (Å²) in [5.41, 5.74) is 6.96. The Hall–Kier alpha value is -0.350. The minimum atomic E-state index is 0.516. The molecule has 1 fully saturated rings. The standard InChI is InChI=1S/C10H16BrN3/c1-14-8(6-12)13-10(11)9(14)7-4-2-3-5-7/h7H,2-6,12H2,1H3. The zero-order valence-corrected chi connectivity index (χ0v) is 10.0. The van der Waals surface area contributed by atoms with Crippen LogP contribution >= 0.6 is 15.9 Å². The third-order valence-corrected chi connectivity index (χ3v) is 3.70. The molecule has 0 radical (unpaired) electrons. The van der Waals surface area contributed by atoms with Crippen LogP contribution in [0.25, 0.3) is 0 Å². The van der Waals surface area contributed by atoms with Gasteiger partial charge < -0.3 is 10.3 Å². The Kier molecular flexibility index (Phi) is 2.93. The van der Waals surface area contributed by atoms with Gasteiger partial charge in [0.05, 0.1) is 12.2 Å². The molecule has 78 valence electrons. The smallest absolute Gasteiger partial charge is 0.127 e. The summed E-state index contributed by atoms with van der Waals surface area (Å²) in [7, 11) is 2.06. The maximum Gasteiger partial charge on any atom is 0.127 e. The van der Waals surface area contributed by atoms with Crippen LogP contribution < -0.4 is 5.73 Å². The Bertz CT molecular complexity index is 326. The molecule has 1 saturated carbocycles. The van der Waals surface area contributed by atoms with E-state index in [0.717, 1.165) is 10.4 Å². The fourth-order valence-electron chi connectivity index (χ4n) is 2.35. The second-order valence-electron chi connectivity index (χ2n) is 3.95. The Morgan fingerprint density at radius 2 is 2.14 bits per heavy atom. The summed E-state index contributed by atoms with van der Waals surface area (Å²) in [6, 6.07) is 0. The number of hydrogen-bond acceptors (Lipinski definition) is 2. The van der Waals surface area contributed by atoms with Crippen molar-refractivity contribution in [3.8, 4) is 0 Å². The summed E-state index contributed by atoms with van der Waals surface area (Å²) in [6.07, 6.45) is 5.28. The van der Waals surface area contributed by atoms with Gasteiger partial charge in [-0.15, -0.1) is 0 Å². The predicted molar refractivity (Wildman–Crippen MR) is 60.0 cm³/mol. The second kappa shape index (κ2) is 4.03. The first kappa shape index (κ1) is 10.2. The van der Waals surface area contributed by atoms with E-state index < -0.39 is 0 Å². The third-order valence-electron chi connectivity index (χ3n) is 3.11. The monoisotopic (exact) mass is 257 g/mol. The van der Waals surface area contributed by atoms with Crippen molar-refractivity contribution in [1.29, 1.82) is 0 Å². The summed E-state index contributed by atoms with van der Waals surface area (Å²) in [6.45, 7) is 0.516. The van der Waals surface area contributed by atoms with Crippen LogP contribution in [0.3, 0.4) is 0 Å². The maximum absolute atomic E-state index is 5.63. The lowest BCUT2D eigenvalue weighted by Crippen LogP contribution is -2.08. The highest BCUT2D eigenvalue weighted by Crippen LogP contribution is 2.37. The summed E-state index contributed by atoms with van der Waals surface area (Å²) < 4.78 is 3.15. The van der Waals surface area contributed by atoms with E-state index >= 15 is 0 Å². The number of aromatic nitrogens is 2. The number of rotatable bonds is 2. The van der Waals surface area contributed by atoms with Crippen molar-refractivity contribution in [3.05, 3.63) is 16.1 Å². The van der Waals surface area contributed by atoms with E-state index in [1.165, 1.54) is 31.4 Å². The molecular weight excluding hydrogens is 242 g/mol. The second-order valence-corrected chi connectivity index (χ2v) is 4.70. The van der Waals surface area contributed by atoms with Gasteiger partial charge >= 0.3 is 0 Å². The molecule has 0 atom stereocenters. The zero-order chi connectivity index (χ0) is 10.1. The molecule has 0 saturated heterocycles. The molecule has 0 unspecified atom stereocenters. The fraction of sp³-hybridized carbons (Fsp3) is 0.700. The van der Waals surface area contributed by atoms with Crippen molar-refractivity contribution in [2.45, 2.75) is 38.1 Å². The maximum atomic E-state index is 5.63. The van der Waals surface area contributed by atoms with E-state index in [4.69, 9.17) is 5.73 Å². The van der Waals surface area contributed by atoms with E-state index in [1.54, 1.807) is 0 Å². The first-order valence-electron chi connectivity index (χ1n) is 5.15. The van der Waals surface area contributed by atoms with Gasteiger partial charge in [0.25, 0.3) is 0 Å². The molecule has 3 nitrogen and oxygen atoms in total. The molecule has 2 N–H and O–H groups in total. The van der Waals surface area contributed by atoms with Crippen LogP contribution in [0.5, 0.6) is 0 Å². The molecule has 1 aliphatic carbocycles. The Morgan fingerprint density at radius 1 is 1.50 bits per heavy atom. The normalized spacial score (nSPS) is 17.9. The van der Waals surface area contributed by atoms with Gasteiger partial charge in [0.1, 0.15) is 10.4 Å². The van der Waals surface area contributed by atoms with E-state index in [2.05, 4.69) is 32.5 Å². The lowest BCUT2D eigenvalue weighted by atomic mass is 10.1. The molecule has 0 aromatic carbocycles. The summed E-state index contributed by atoms with van der Waals surface area (Å²) in [4.78, 5) is 4.43. The minimum Gasteiger partial charge on any atom is -0.333 e. The van der Waals surface area contributed by atoms with Crippen molar-refractivity contribution >= 4 is 15.9 Å². The summed E-state index contributed by atoms with van der Waals surface area (Å²) >= 11 is 3.53. The van der Waals surface area contributed by atoms with E-state index in [9.17, 15) is 0 Å². The van der Waals surface area contributed by atoms with Gasteiger partial charge in [0.2, 0.25) is 0 Å². The van der Waals surface area contributed by atoms with Crippen LogP contribution in [0.1, 0.15) is 43.1 Å². The lowest BCUT2D eigenvalue weighted by molar-refractivity contribution is 0.638. The first-order chi connectivity index (χ1) is 6.74. The zero-order valence-electron chi connectivity index (χ0n) is 8.46. The average Bonchev–Trinajstić information content (AvgIpc) is 2.74. The van der Waals surface area contributed by atoms with Crippen molar-refractivity contribution in [2.75, 3.05) is 0 Å². The number of hydrogen-bond donors (Lipinski definition) is 1. The van der Waals surface area contributed by atoms with Crippen molar-refractivity contribution in [2.24, 2.45) is 12.8 Å². The largest absolute Gasteiger partial charge is 0.333 e. The highest BCUT2D eigenvalue weighted by molar-refractivity contribution is 9.10. The Labute approximate surface area is 92.8 Å². The molecule has 4 heteroatoms. The molecule has 1 aromatic heterocycles. The number of nitrogens with two attached hydrogens (primary N) is 1. The van der Waals surface area contributed by atoms with Crippen LogP contribution in [-0.4, -0.2) is 9.55 Å². The fourth-order valence-corrected chi connectivity index (χ4v) is 3.14. The molecule has 0 amide bonds. The SMILES string of the molecule is Cn1c(CN)nc(Br)c1C1CCCC1. The van der Waals surface area contributed by atoms with Crippen molar-refractivity contribution in [1.82, 2.24) is 9.55 Å². The summed E-state index contributed by atoms with van der Waals surface area (Å²) in [5.74, 6) is 1.65. The molecule has 14 heavy (non-hydrogen) atoms. The topological polar surface area (TPSA) is 43.8 Å². The lowest BCUT2D eigenvalue weighted by Gasteiger charge is -2.11. The van der Waals surface area contributed by atoms with Crippen LogP contribution in [0.2, 0.25) is 0 Å². The van der Waals surface area contributed by atoms with E-state index in [-0.39, 0.29) is 0 Å². The molecular formula is C10H16BrN3. The van der Waals surface area contributed by atoms with Gasteiger partial charge in [0.15, 0.2) is 0 Å². The van der Waals surface area contributed by atoms with Crippen molar-refractivity contribution in [3.63, 3.8) is 0 Å². The molecule has 0 bridgehead atoms. The van der Waals surface area contributed by atoms with Gasteiger partial charge in [-0.2, -0.15) is 0 Å². The van der Waals surface area contributed by atoms with E-state index in [0.29, 0.717) is 12.5 Å². The first-order valence-corrected chi connectivity index (χ1v) is 5.94. The van der Waals surface area contributed by atoms with Gasteiger partial charge in [-0.05, 0) is 28.8 Å². The van der Waals surface area contributed by atoms with Gasteiger partial charge in [-0.25, -0.2) is 4.98 Å².